The minimum Gasteiger partial charge on any atom is -0.423 e. The molecule has 0 atom stereocenters. The van der Waals surface area contributed by atoms with Crippen molar-refractivity contribution in [3.05, 3.63) is 93.5 Å². The molecule has 0 radical (unpaired) electrons. The number of ether oxygens (including phenoxy) is 1. The second kappa shape index (κ2) is 9.30. The van der Waals surface area contributed by atoms with Crippen molar-refractivity contribution in [2.75, 3.05) is 0 Å². The average molecular weight is 463 g/mol. The van der Waals surface area contributed by atoms with E-state index >= 15 is 0 Å². The smallest absolute Gasteiger partial charge is 0.345 e. The van der Waals surface area contributed by atoms with Gasteiger partial charge in [-0.1, -0.05) is 40.9 Å². The number of halogens is 2. The van der Waals surface area contributed by atoms with Gasteiger partial charge in [-0.15, -0.1) is 0 Å². The van der Waals surface area contributed by atoms with Crippen LogP contribution in [0.5, 0.6) is 5.75 Å². The van der Waals surface area contributed by atoms with Crippen LogP contribution in [0, 0.1) is 6.92 Å². The van der Waals surface area contributed by atoms with Crippen molar-refractivity contribution in [1.82, 2.24) is 4.83 Å². The first-order chi connectivity index (χ1) is 14.2. The summed E-state index contributed by atoms with van der Waals surface area (Å²) in [6, 6.07) is 17.2. The second-order valence-corrected chi connectivity index (χ2v) is 8.75. The Hall–Kier alpha value is -2.87. The van der Waals surface area contributed by atoms with Gasteiger partial charge in [0.2, 0.25) is 0 Å². The lowest BCUT2D eigenvalue weighted by Crippen LogP contribution is -2.18. The average Bonchev–Trinajstić information content (AvgIpc) is 2.69. The lowest BCUT2D eigenvalue weighted by atomic mass is 10.2. The summed E-state index contributed by atoms with van der Waals surface area (Å²) in [5.41, 5.74) is 1.75. The first kappa shape index (κ1) is 21.8. The lowest BCUT2D eigenvalue weighted by Gasteiger charge is -2.06. The van der Waals surface area contributed by atoms with Gasteiger partial charge < -0.3 is 4.74 Å². The van der Waals surface area contributed by atoms with Gasteiger partial charge in [0.25, 0.3) is 10.0 Å². The van der Waals surface area contributed by atoms with Gasteiger partial charge in [-0.25, -0.2) is 9.63 Å². The molecule has 1 N–H and O–H groups in total. The molecule has 0 bridgehead atoms. The molecule has 0 saturated heterocycles. The van der Waals surface area contributed by atoms with Crippen molar-refractivity contribution in [3.63, 3.8) is 0 Å². The van der Waals surface area contributed by atoms with E-state index in [0.29, 0.717) is 16.3 Å². The Morgan fingerprint density at radius 2 is 1.67 bits per heavy atom. The minimum absolute atomic E-state index is 0.119. The molecule has 6 nitrogen and oxygen atoms in total. The number of esters is 1. The Morgan fingerprint density at radius 1 is 1.00 bits per heavy atom. The monoisotopic (exact) mass is 462 g/mol. The topological polar surface area (TPSA) is 84.8 Å². The molecule has 0 aliphatic carbocycles. The molecule has 0 heterocycles. The van der Waals surface area contributed by atoms with Crippen LogP contribution in [0.15, 0.2) is 76.7 Å². The summed E-state index contributed by atoms with van der Waals surface area (Å²) < 4.78 is 29.7. The molecular weight excluding hydrogens is 447 g/mol. The molecule has 0 fully saturated rings. The zero-order valence-electron chi connectivity index (χ0n) is 15.7. The SMILES string of the molecule is Cc1ccc(S(=O)(=O)NN=Cc2ccc(OC(=O)c3ccc(Cl)cc3Cl)cc2)cc1. The Balaban J connectivity index is 1.62. The molecule has 0 unspecified atom stereocenters. The summed E-state index contributed by atoms with van der Waals surface area (Å²) in [4.78, 5) is 14.5. The van der Waals surface area contributed by atoms with E-state index in [9.17, 15) is 13.2 Å². The van der Waals surface area contributed by atoms with Crippen LogP contribution in [0.25, 0.3) is 0 Å². The number of carbonyl (C=O) groups is 1. The summed E-state index contributed by atoms with van der Waals surface area (Å²) in [6.07, 6.45) is 1.34. The molecule has 0 aliphatic rings. The van der Waals surface area contributed by atoms with Crippen LogP contribution in [0.4, 0.5) is 0 Å². The summed E-state index contributed by atoms with van der Waals surface area (Å²) >= 11 is 11.8. The van der Waals surface area contributed by atoms with Crippen molar-refractivity contribution in [3.8, 4) is 5.75 Å². The molecule has 0 spiro atoms. The highest BCUT2D eigenvalue weighted by Gasteiger charge is 2.14. The van der Waals surface area contributed by atoms with E-state index in [1.165, 1.54) is 30.5 Å². The molecule has 9 heteroatoms. The third-order valence-corrected chi connectivity index (χ3v) is 5.75. The van der Waals surface area contributed by atoms with Crippen LogP contribution >= 0.6 is 23.2 Å². The third-order valence-electron chi connectivity index (χ3n) is 3.96. The van der Waals surface area contributed by atoms with Gasteiger partial charge >= 0.3 is 5.97 Å². The molecule has 154 valence electrons. The highest BCUT2D eigenvalue weighted by atomic mass is 35.5. The Morgan fingerprint density at radius 3 is 2.30 bits per heavy atom. The van der Waals surface area contributed by atoms with Gasteiger partial charge in [-0.3, -0.25) is 0 Å². The van der Waals surface area contributed by atoms with Crippen LogP contribution in [0.2, 0.25) is 10.0 Å². The maximum atomic E-state index is 12.2. The number of hydrogen-bond acceptors (Lipinski definition) is 5. The van der Waals surface area contributed by atoms with Gasteiger partial charge in [-0.2, -0.15) is 13.5 Å². The summed E-state index contributed by atoms with van der Waals surface area (Å²) in [6.45, 7) is 1.87. The fourth-order valence-corrected chi connectivity index (χ4v) is 3.66. The Labute approximate surface area is 184 Å². The number of benzene rings is 3. The number of nitrogens with one attached hydrogen (secondary N) is 1. The van der Waals surface area contributed by atoms with E-state index in [-0.39, 0.29) is 15.5 Å². The van der Waals surface area contributed by atoms with Crippen molar-refractivity contribution in [2.24, 2.45) is 5.10 Å². The fraction of sp³-hybridized carbons (Fsp3) is 0.0476. The minimum atomic E-state index is -3.75. The molecule has 3 rings (SSSR count). The molecule has 0 aliphatic heterocycles. The quantitative estimate of drug-likeness (QED) is 0.246. The number of rotatable bonds is 6. The van der Waals surface area contributed by atoms with Crippen LogP contribution < -0.4 is 9.57 Å². The van der Waals surface area contributed by atoms with Crippen molar-refractivity contribution < 1.29 is 17.9 Å². The number of hydrogen-bond donors (Lipinski definition) is 1. The predicted molar refractivity (Wildman–Crippen MR) is 117 cm³/mol. The van der Waals surface area contributed by atoms with Crippen molar-refractivity contribution >= 4 is 45.4 Å². The molecule has 3 aromatic rings. The Bertz CT molecular complexity index is 1190. The van der Waals surface area contributed by atoms with Gasteiger partial charge in [0.1, 0.15) is 5.75 Å². The highest BCUT2D eigenvalue weighted by molar-refractivity contribution is 7.89. The predicted octanol–water partition coefficient (Wildman–Crippen LogP) is 4.83. The van der Waals surface area contributed by atoms with Gasteiger partial charge in [0.15, 0.2) is 0 Å². The standard InChI is InChI=1S/C21H16Cl2N2O4S/c1-14-2-9-18(10-3-14)30(27,28)25-24-13-15-4-7-17(8-5-15)29-21(26)19-11-6-16(22)12-20(19)23/h2-13,25H,1H3. The lowest BCUT2D eigenvalue weighted by molar-refractivity contribution is 0.0735. The van der Waals surface area contributed by atoms with E-state index in [1.54, 1.807) is 42.5 Å². The number of aryl methyl sites for hydroxylation is 1. The zero-order valence-corrected chi connectivity index (χ0v) is 18.0. The molecular formula is C21H16Cl2N2O4S. The summed E-state index contributed by atoms with van der Waals surface area (Å²) in [5.74, 6) is -0.327. The van der Waals surface area contributed by atoms with Gasteiger partial charge in [0, 0.05) is 5.02 Å². The van der Waals surface area contributed by atoms with Crippen LogP contribution in [-0.4, -0.2) is 20.6 Å². The Kier molecular flexibility index (Phi) is 6.77. The third kappa shape index (κ3) is 5.60. The van der Waals surface area contributed by atoms with Crippen molar-refractivity contribution in [1.29, 1.82) is 0 Å². The number of nitrogens with zero attached hydrogens (tertiary/aromatic N) is 1. The van der Waals surface area contributed by atoms with Crippen LogP contribution in [-0.2, 0) is 10.0 Å². The van der Waals surface area contributed by atoms with E-state index in [1.807, 2.05) is 6.92 Å². The first-order valence-electron chi connectivity index (χ1n) is 8.63. The van der Waals surface area contributed by atoms with Gasteiger partial charge in [0.05, 0.1) is 21.7 Å². The van der Waals surface area contributed by atoms with Crippen LogP contribution in [0.1, 0.15) is 21.5 Å². The second-order valence-electron chi connectivity index (χ2n) is 6.25. The molecule has 3 aromatic carbocycles. The molecule has 0 amide bonds. The maximum absolute atomic E-state index is 12.2. The number of carbonyl (C=O) groups excluding carboxylic acids is 1. The van der Waals surface area contributed by atoms with E-state index < -0.39 is 16.0 Å². The molecule has 0 saturated carbocycles. The number of sulfonamides is 1. The normalized spacial score (nSPS) is 11.4. The molecule has 30 heavy (non-hydrogen) atoms. The zero-order chi connectivity index (χ0) is 21.7. The first-order valence-corrected chi connectivity index (χ1v) is 10.9. The fourth-order valence-electron chi connectivity index (χ4n) is 2.38. The maximum Gasteiger partial charge on any atom is 0.345 e. The molecule has 0 aromatic heterocycles. The largest absolute Gasteiger partial charge is 0.423 e. The van der Waals surface area contributed by atoms with Gasteiger partial charge in [-0.05, 0) is 67.1 Å². The summed E-state index contributed by atoms with van der Waals surface area (Å²) in [7, 11) is -3.75. The van der Waals surface area contributed by atoms with Crippen molar-refractivity contribution in [2.45, 2.75) is 11.8 Å². The van der Waals surface area contributed by atoms with E-state index in [2.05, 4.69) is 9.93 Å². The van der Waals surface area contributed by atoms with E-state index in [0.717, 1.165) is 5.56 Å². The number of hydrazone groups is 1. The van der Waals surface area contributed by atoms with Crippen LogP contribution in [0.3, 0.4) is 0 Å². The van der Waals surface area contributed by atoms with E-state index in [4.69, 9.17) is 27.9 Å². The summed E-state index contributed by atoms with van der Waals surface area (Å²) in [5, 5.41) is 4.38. The highest BCUT2D eigenvalue weighted by Crippen LogP contribution is 2.23.